The van der Waals surface area contributed by atoms with Crippen LogP contribution in [0.15, 0.2) is 28.2 Å². The van der Waals surface area contributed by atoms with Gasteiger partial charge in [-0.25, -0.2) is 4.98 Å². The standard InChI is InChI=1S/C14H16N2O3S/c17-6-5-14(3-4-14)9-15-12(18)10-8-20-13(16-10)11-2-1-7-19-11/h1-2,7-8,17H,3-6,9H2,(H,15,18). The summed E-state index contributed by atoms with van der Waals surface area (Å²) in [5.41, 5.74) is 0.533. The van der Waals surface area contributed by atoms with E-state index in [0.717, 1.165) is 19.3 Å². The maximum atomic E-state index is 12.0. The minimum absolute atomic E-state index is 0.115. The molecule has 0 spiro atoms. The second kappa shape index (κ2) is 5.38. The van der Waals surface area contributed by atoms with Gasteiger partial charge >= 0.3 is 0 Å². The summed E-state index contributed by atoms with van der Waals surface area (Å²) in [5.74, 6) is 0.510. The van der Waals surface area contributed by atoms with Crippen LogP contribution in [0.3, 0.4) is 0 Å². The third kappa shape index (κ3) is 2.76. The molecule has 20 heavy (non-hydrogen) atoms. The molecule has 2 aromatic rings. The van der Waals surface area contributed by atoms with Crippen molar-refractivity contribution in [3.05, 3.63) is 29.5 Å². The number of nitrogens with one attached hydrogen (secondary N) is 1. The lowest BCUT2D eigenvalue weighted by atomic mass is 10.0. The number of furan rings is 1. The Morgan fingerprint density at radius 2 is 2.40 bits per heavy atom. The molecular formula is C14H16N2O3S. The molecule has 106 valence electrons. The van der Waals surface area contributed by atoms with Crippen LogP contribution in [0.25, 0.3) is 10.8 Å². The van der Waals surface area contributed by atoms with Crippen molar-refractivity contribution in [1.29, 1.82) is 0 Å². The fourth-order valence-corrected chi connectivity index (χ4v) is 2.95. The van der Waals surface area contributed by atoms with Crippen molar-refractivity contribution in [2.24, 2.45) is 5.41 Å². The molecule has 0 bridgehead atoms. The molecule has 0 atom stereocenters. The lowest BCUT2D eigenvalue weighted by Crippen LogP contribution is -2.30. The van der Waals surface area contributed by atoms with Crippen molar-refractivity contribution >= 4 is 17.2 Å². The Hall–Kier alpha value is -1.66. The van der Waals surface area contributed by atoms with E-state index in [0.29, 0.717) is 23.0 Å². The molecule has 5 nitrogen and oxygen atoms in total. The number of carbonyl (C=O) groups excluding carboxylic acids is 1. The normalized spacial score (nSPS) is 16.1. The molecule has 1 amide bonds. The number of carbonyl (C=O) groups is 1. The van der Waals surface area contributed by atoms with Crippen LogP contribution < -0.4 is 5.32 Å². The summed E-state index contributed by atoms with van der Waals surface area (Å²) in [4.78, 5) is 16.3. The third-order valence-electron chi connectivity index (χ3n) is 3.69. The van der Waals surface area contributed by atoms with E-state index in [9.17, 15) is 4.79 Å². The Balaban J connectivity index is 1.60. The van der Waals surface area contributed by atoms with Crippen LogP contribution in [-0.4, -0.2) is 29.1 Å². The van der Waals surface area contributed by atoms with Crippen LogP contribution >= 0.6 is 11.3 Å². The van der Waals surface area contributed by atoms with Gasteiger partial charge in [0.15, 0.2) is 10.8 Å². The highest BCUT2D eigenvalue weighted by Gasteiger charge is 2.42. The summed E-state index contributed by atoms with van der Waals surface area (Å²) in [7, 11) is 0. The number of aliphatic hydroxyl groups is 1. The van der Waals surface area contributed by atoms with E-state index in [2.05, 4.69) is 10.3 Å². The highest BCUT2D eigenvalue weighted by molar-refractivity contribution is 7.13. The number of rotatable bonds is 6. The number of hydrogen-bond donors (Lipinski definition) is 2. The largest absolute Gasteiger partial charge is 0.462 e. The number of aromatic nitrogens is 1. The second-order valence-electron chi connectivity index (χ2n) is 5.17. The van der Waals surface area contributed by atoms with Crippen molar-refractivity contribution in [3.8, 4) is 10.8 Å². The monoisotopic (exact) mass is 292 g/mol. The molecule has 1 aliphatic carbocycles. The Labute approximate surface area is 120 Å². The summed E-state index contributed by atoms with van der Waals surface area (Å²) in [6.07, 6.45) is 4.48. The van der Waals surface area contributed by atoms with Gasteiger partial charge in [-0.3, -0.25) is 4.79 Å². The zero-order chi connectivity index (χ0) is 14.0. The van der Waals surface area contributed by atoms with Crippen molar-refractivity contribution in [2.75, 3.05) is 13.2 Å². The van der Waals surface area contributed by atoms with E-state index in [-0.39, 0.29) is 17.9 Å². The summed E-state index contributed by atoms with van der Waals surface area (Å²) in [6, 6.07) is 3.61. The Kier molecular flexibility index (Phi) is 3.58. The van der Waals surface area contributed by atoms with Gasteiger partial charge in [-0.05, 0) is 36.8 Å². The number of aliphatic hydroxyl groups excluding tert-OH is 1. The van der Waals surface area contributed by atoms with Crippen molar-refractivity contribution in [1.82, 2.24) is 10.3 Å². The summed E-state index contributed by atoms with van der Waals surface area (Å²) >= 11 is 1.39. The number of amides is 1. The first-order valence-corrected chi connectivity index (χ1v) is 7.49. The maximum absolute atomic E-state index is 12.0. The van der Waals surface area contributed by atoms with Crippen molar-refractivity contribution < 1.29 is 14.3 Å². The molecule has 2 aromatic heterocycles. The van der Waals surface area contributed by atoms with Crippen LogP contribution in [0.4, 0.5) is 0 Å². The van der Waals surface area contributed by atoms with Gasteiger partial charge in [-0.15, -0.1) is 11.3 Å². The van der Waals surface area contributed by atoms with Crippen LogP contribution in [0.1, 0.15) is 29.8 Å². The van der Waals surface area contributed by atoms with E-state index in [1.165, 1.54) is 11.3 Å². The molecule has 6 heteroatoms. The number of hydrogen-bond acceptors (Lipinski definition) is 5. The fraction of sp³-hybridized carbons (Fsp3) is 0.429. The van der Waals surface area contributed by atoms with Gasteiger partial charge in [0.25, 0.3) is 5.91 Å². The van der Waals surface area contributed by atoms with E-state index < -0.39 is 0 Å². The average Bonchev–Trinajstić information content (AvgIpc) is 2.89. The smallest absolute Gasteiger partial charge is 0.270 e. The van der Waals surface area contributed by atoms with Gasteiger partial charge in [0.1, 0.15) is 5.69 Å². The molecule has 3 rings (SSSR count). The summed E-state index contributed by atoms with van der Waals surface area (Å²) in [5, 5.41) is 14.3. The molecule has 1 fully saturated rings. The maximum Gasteiger partial charge on any atom is 0.270 e. The minimum Gasteiger partial charge on any atom is -0.462 e. The van der Waals surface area contributed by atoms with Crippen LogP contribution in [0, 0.1) is 5.41 Å². The SMILES string of the molecule is O=C(NCC1(CCO)CC1)c1csc(-c2ccco2)n1. The minimum atomic E-state index is -0.164. The highest BCUT2D eigenvalue weighted by Crippen LogP contribution is 2.47. The third-order valence-corrected chi connectivity index (χ3v) is 4.55. The van der Waals surface area contributed by atoms with Gasteiger partial charge in [0.2, 0.25) is 0 Å². The first-order valence-electron chi connectivity index (χ1n) is 6.61. The lowest BCUT2D eigenvalue weighted by molar-refractivity contribution is 0.0936. The number of nitrogens with zero attached hydrogens (tertiary/aromatic N) is 1. The Morgan fingerprint density at radius 1 is 1.55 bits per heavy atom. The van der Waals surface area contributed by atoms with Crippen LogP contribution in [-0.2, 0) is 0 Å². The van der Waals surface area contributed by atoms with E-state index in [4.69, 9.17) is 9.52 Å². The van der Waals surface area contributed by atoms with Gasteiger partial charge in [0.05, 0.1) is 6.26 Å². The van der Waals surface area contributed by atoms with Gasteiger partial charge in [0, 0.05) is 18.5 Å². The topological polar surface area (TPSA) is 75.4 Å². The quantitative estimate of drug-likeness (QED) is 0.856. The molecule has 0 aliphatic heterocycles. The number of thiazole rings is 1. The Morgan fingerprint density at radius 3 is 3.05 bits per heavy atom. The molecule has 0 radical (unpaired) electrons. The fourth-order valence-electron chi connectivity index (χ4n) is 2.18. The molecular weight excluding hydrogens is 276 g/mol. The van der Waals surface area contributed by atoms with E-state index in [1.54, 1.807) is 17.7 Å². The van der Waals surface area contributed by atoms with Crippen LogP contribution in [0.5, 0.6) is 0 Å². The molecule has 0 unspecified atom stereocenters. The highest BCUT2D eigenvalue weighted by atomic mass is 32.1. The molecule has 2 heterocycles. The molecule has 0 aromatic carbocycles. The summed E-state index contributed by atoms with van der Waals surface area (Å²) < 4.78 is 5.26. The van der Waals surface area contributed by atoms with Crippen molar-refractivity contribution in [3.63, 3.8) is 0 Å². The van der Waals surface area contributed by atoms with E-state index in [1.807, 2.05) is 6.07 Å². The average molecular weight is 292 g/mol. The molecule has 1 aliphatic rings. The van der Waals surface area contributed by atoms with Gasteiger partial charge in [-0.2, -0.15) is 0 Å². The van der Waals surface area contributed by atoms with Crippen molar-refractivity contribution in [2.45, 2.75) is 19.3 Å². The zero-order valence-electron chi connectivity index (χ0n) is 11.0. The van der Waals surface area contributed by atoms with E-state index >= 15 is 0 Å². The Bertz CT molecular complexity index is 587. The molecule has 2 N–H and O–H groups in total. The first-order chi connectivity index (χ1) is 9.72. The van der Waals surface area contributed by atoms with Crippen LogP contribution in [0.2, 0.25) is 0 Å². The van der Waals surface area contributed by atoms with Gasteiger partial charge < -0.3 is 14.8 Å². The molecule has 0 saturated heterocycles. The predicted octanol–water partition coefficient (Wildman–Crippen LogP) is 2.30. The molecule has 1 saturated carbocycles. The second-order valence-corrected chi connectivity index (χ2v) is 6.03. The predicted molar refractivity (Wildman–Crippen MR) is 75.5 cm³/mol. The van der Waals surface area contributed by atoms with Gasteiger partial charge in [-0.1, -0.05) is 0 Å². The first kappa shape index (κ1) is 13.3. The summed E-state index contributed by atoms with van der Waals surface area (Å²) in [6.45, 7) is 0.787. The zero-order valence-corrected chi connectivity index (χ0v) is 11.8. The lowest BCUT2D eigenvalue weighted by Gasteiger charge is -2.13.